The first-order valence-electron chi connectivity index (χ1n) is 6.48. The van der Waals surface area contributed by atoms with Crippen molar-refractivity contribution in [2.75, 3.05) is 0 Å². The van der Waals surface area contributed by atoms with Crippen molar-refractivity contribution in [2.45, 2.75) is 13.8 Å². The zero-order chi connectivity index (χ0) is 15.2. The highest BCUT2D eigenvalue weighted by Gasteiger charge is 1.99. The quantitative estimate of drug-likeness (QED) is 0.517. The summed E-state index contributed by atoms with van der Waals surface area (Å²) in [7, 11) is 0. The molecule has 0 saturated carbocycles. The van der Waals surface area contributed by atoms with Gasteiger partial charge in [0.25, 0.3) is 0 Å². The minimum atomic E-state index is 0.140. The molecule has 2 aromatic carbocycles. The van der Waals surface area contributed by atoms with E-state index in [4.69, 9.17) is 10.5 Å². The maximum Gasteiger partial charge on any atom is 0.184 e. The predicted octanol–water partition coefficient (Wildman–Crippen LogP) is 3.26. The van der Waals surface area contributed by atoms with Crippen LogP contribution in [0.3, 0.4) is 0 Å². The Morgan fingerprint density at radius 3 is 2.38 bits per heavy atom. The highest BCUT2D eigenvalue weighted by atomic mass is 32.1. The SMILES string of the molecule is Cc1ccc(Oc2ccc(C=NNC(N)=S)cc2)cc1C. The molecular weight excluding hydrogens is 282 g/mol. The lowest BCUT2D eigenvalue weighted by molar-refractivity contribution is 0.482. The molecule has 0 aliphatic rings. The number of hydrazone groups is 1. The zero-order valence-corrected chi connectivity index (χ0v) is 12.8. The highest BCUT2D eigenvalue weighted by molar-refractivity contribution is 7.80. The maximum atomic E-state index is 5.81. The third kappa shape index (κ3) is 4.57. The predicted molar refractivity (Wildman–Crippen MR) is 89.9 cm³/mol. The molecule has 4 nitrogen and oxygen atoms in total. The van der Waals surface area contributed by atoms with Crippen LogP contribution >= 0.6 is 12.2 Å². The molecule has 0 unspecified atom stereocenters. The Kier molecular flexibility index (Phi) is 4.90. The molecule has 0 radical (unpaired) electrons. The number of thiocarbonyl (C=S) groups is 1. The van der Waals surface area contributed by atoms with E-state index in [0.717, 1.165) is 17.1 Å². The Hall–Kier alpha value is -2.40. The van der Waals surface area contributed by atoms with E-state index in [1.54, 1.807) is 6.21 Å². The van der Waals surface area contributed by atoms with E-state index >= 15 is 0 Å². The van der Waals surface area contributed by atoms with E-state index in [-0.39, 0.29) is 5.11 Å². The first-order valence-corrected chi connectivity index (χ1v) is 6.89. The van der Waals surface area contributed by atoms with Crippen LogP contribution in [0.4, 0.5) is 0 Å². The van der Waals surface area contributed by atoms with Gasteiger partial charge in [-0.15, -0.1) is 0 Å². The number of nitrogens with zero attached hydrogens (tertiary/aromatic N) is 1. The topological polar surface area (TPSA) is 59.6 Å². The Bertz CT molecular complexity index is 666. The normalized spacial score (nSPS) is 10.6. The van der Waals surface area contributed by atoms with Gasteiger partial charge in [-0.2, -0.15) is 5.10 Å². The molecule has 0 aromatic heterocycles. The summed E-state index contributed by atoms with van der Waals surface area (Å²) in [5, 5.41) is 4.03. The number of benzene rings is 2. The van der Waals surface area contributed by atoms with Crippen LogP contribution < -0.4 is 15.9 Å². The van der Waals surface area contributed by atoms with Crippen molar-refractivity contribution >= 4 is 23.5 Å². The van der Waals surface area contributed by atoms with Gasteiger partial charge >= 0.3 is 0 Å². The van der Waals surface area contributed by atoms with E-state index in [1.807, 2.05) is 42.5 Å². The number of hydrogen-bond donors (Lipinski definition) is 2. The van der Waals surface area contributed by atoms with Crippen molar-refractivity contribution in [3.8, 4) is 11.5 Å². The van der Waals surface area contributed by atoms with Crippen molar-refractivity contribution in [3.05, 3.63) is 59.2 Å². The molecule has 0 saturated heterocycles. The second-order valence-corrected chi connectivity index (χ2v) is 5.09. The minimum absolute atomic E-state index is 0.140. The molecule has 0 aliphatic carbocycles. The zero-order valence-electron chi connectivity index (χ0n) is 12.0. The van der Waals surface area contributed by atoms with Gasteiger partial charge in [-0.1, -0.05) is 6.07 Å². The van der Waals surface area contributed by atoms with Gasteiger partial charge in [-0.05, 0) is 79.2 Å². The fourth-order valence-electron chi connectivity index (χ4n) is 1.71. The Labute approximate surface area is 129 Å². The molecule has 0 heterocycles. The molecule has 3 N–H and O–H groups in total. The minimum Gasteiger partial charge on any atom is -0.457 e. The van der Waals surface area contributed by atoms with Crippen LogP contribution in [0.1, 0.15) is 16.7 Å². The largest absolute Gasteiger partial charge is 0.457 e. The average molecular weight is 299 g/mol. The molecule has 2 aromatic rings. The van der Waals surface area contributed by atoms with Crippen molar-refractivity contribution in [1.82, 2.24) is 5.43 Å². The fraction of sp³-hybridized carbons (Fsp3) is 0.125. The van der Waals surface area contributed by atoms with E-state index in [9.17, 15) is 0 Å². The van der Waals surface area contributed by atoms with Gasteiger partial charge in [0, 0.05) is 0 Å². The first kappa shape index (κ1) is 15.0. The van der Waals surface area contributed by atoms with Gasteiger partial charge in [-0.25, -0.2) is 0 Å². The summed E-state index contributed by atoms with van der Waals surface area (Å²) in [6.07, 6.45) is 1.64. The highest BCUT2D eigenvalue weighted by Crippen LogP contribution is 2.23. The summed E-state index contributed by atoms with van der Waals surface area (Å²) in [6, 6.07) is 13.6. The van der Waals surface area contributed by atoms with Crippen LogP contribution in [0.25, 0.3) is 0 Å². The second-order valence-electron chi connectivity index (χ2n) is 4.65. The van der Waals surface area contributed by atoms with Gasteiger partial charge in [0.2, 0.25) is 0 Å². The third-order valence-electron chi connectivity index (χ3n) is 2.98. The lowest BCUT2D eigenvalue weighted by Crippen LogP contribution is -2.23. The van der Waals surface area contributed by atoms with Crippen molar-refractivity contribution in [2.24, 2.45) is 10.8 Å². The lowest BCUT2D eigenvalue weighted by Gasteiger charge is -2.08. The van der Waals surface area contributed by atoms with Crippen LogP contribution in [0.5, 0.6) is 11.5 Å². The van der Waals surface area contributed by atoms with E-state index < -0.39 is 0 Å². The summed E-state index contributed by atoms with van der Waals surface area (Å²) < 4.78 is 5.81. The standard InChI is InChI=1S/C16H17N3OS/c1-11-3-6-15(9-12(11)2)20-14-7-4-13(5-8-14)10-18-19-16(17)21/h3-10H,1-2H3,(H3,17,19,21). The van der Waals surface area contributed by atoms with Gasteiger partial charge in [-0.3, -0.25) is 5.43 Å². The second kappa shape index (κ2) is 6.85. The molecule has 2 rings (SSSR count). The first-order chi connectivity index (χ1) is 10.0. The number of hydrogen-bond acceptors (Lipinski definition) is 3. The molecule has 5 heteroatoms. The van der Waals surface area contributed by atoms with Gasteiger partial charge in [0.05, 0.1) is 6.21 Å². The van der Waals surface area contributed by atoms with Crippen molar-refractivity contribution in [1.29, 1.82) is 0 Å². The molecule has 21 heavy (non-hydrogen) atoms. The van der Waals surface area contributed by atoms with Crippen LogP contribution in [0.2, 0.25) is 0 Å². The lowest BCUT2D eigenvalue weighted by atomic mass is 10.1. The third-order valence-corrected chi connectivity index (χ3v) is 3.07. The smallest absolute Gasteiger partial charge is 0.184 e. The number of nitrogens with one attached hydrogen (secondary N) is 1. The monoisotopic (exact) mass is 299 g/mol. The summed E-state index contributed by atoms with van der Waals surface area (Å²) in [5.74, 6) is 1.60. The summed E-state index contributed by atoms with van der Waals surface area (Å²) in [4.78, 5) is 0. The van der Waals surface area contributed by atoms with Crippen LogP contribution in [-0.4, -0.2) is 11.3 Å². The molecule has 0 atom stereocenters. The summed E-state index contributed by atoms with van der Waals surface area (Å²) >= 11 is 4.66. The maximum absolute atomic E-state index is 5.81. The van der Waals surface area contributed by atoms with E-state index in [0.29, 0.717) is 0 Å². The average Bonchev–Trinajstić information content (AvgIpc) is 2.44. The van der Waals surface area contributed by atoms with Crippen molar-refractivity contribution < 1.29 is 4.74 Å². The molecule has 0 bridgehead atoms. The number of ether oxygens (including phenoxy) is 1. The Morgan fingerprint density at radius 2 is 1.76 bits per heavy atom. The van der Waals surface area contributed by atoms with E-state index in [2.05, 4.69) is 36.6 Å². The van der Waals surface area contributed by atoms with Gasteiger partial charge in [0.15, 0.2) is 5.11 Å². The summed E-state index contributed by atoms with van der Waals surface area (Å²) in [6.45, 7) is 4.14. The van der Waals surface area contributed by atoms with Crippen LogP contribution in [0, 0.1) is 13.8 Å². The van der Waals surface area contributed by atoms with Gasteiger partial charge in [0.1, 0.15) is 11.5 Å². The molecule has 0 amide bonds. The number of aryl methyl sites for hydroxylation is 2. The fourth-order valence-corrected chi connectivity index (χ4v) is 1.76. The molecule has 0 fully saturated rings. The van der Waals surface area contributed by atoms with Crippen molar-refractivity contribution in [3.63, 3.8) is 0 Å². The molecular formula is C16H17N3OS. The van der Waals surface area contributed by atoms with E-state index in [1.165, 1.54) is 11.1 Å². The van der Waals surface area contributed by atoms with Crippen LogP contribution in [-0.2, 0) is 0 Å². The molecule has 0 spiro atoms. The van der Waals surface area contributed by atoms with Crippen LogP contribution in [0.15, 0.2) is 47.6 Å². The molecule has 0 aliphatic heterocycles. The number of nitrogens with two attached hydrogens (primary N) is 1. The summed E-state index contributed by atoms with van der Waals surface area (Å²) in [5.41, 5.74) is 11.2. The number of rotatable bonds is 4. The van der Waals surface area contributed by atoms with Gasteiger partial charge < -0.3 is 10.5 Å². The molecule has 108 valence electrons. The Morgan fingerprint density at radius 1 is 1.10 bits per heavy atom. The Balaban J connectivity index is 2.03.